The van der Waals surface area contributed by atoms with Crippen LogP contribution in [0.4, 0.5) is 0 Å². The van der Waals surface area contributed by atoms with Crippen molar-refractivity contribution in [2.75, 3.05) is 12.4 Å². The number of cyclic esters (lactones) is 1. The summed E-state index contributed by atoms with van der Waals surface area (Å²) in [6, 6.07) is 0. The number of ether oxygens (including phenoxy) is 4. The topological polar surface area (TPSA) is 124 Å². The predicted molar refractivity (Wildman–Crippen MR) is 149 cm³/mol. The van der Waals surface area contributed by atoms with Crippen molar-refractivity contribution < 1.29 is 38.7 Å². The third-order valence-electron chi connectivity index (χ3n) is 12.9. The monoisotopic (exact) mass is 587 g/mol. The van der Waals surface area contributed by atoms with Gasteiger partial charge in [0.15, 0.2) is 4.87 Å². The molecule has 10 heteroatoms. The molecule has 4 heterocycles. The van der Waals surface area contributed by atoms with E-state index in [9.17, 15) is 19.8 Å². The van der Waals surface area contributed by atoms with Crippen LogP contribution in [0.15, 0.2) is 16.6 Å². The summed E-state index contributed by atoms with van der Waals surface area (Å²) >= 11 is 1.56. The van der Waals surface area contributed by atoms with Crippen LogP contribution in [0.1, 0.15) is 71.6 Å². The number of fused-ring (bicyclic) bond motifs is 8. The summed E-state index contributed by atoms with van der Waals surface area (Å²) in [5, 5.41) is 24.6. The van der Waals surface area contributed by atoms with Crippen LogP contribution in [0.5, 0.6) is 0 Å². The second-order valence-corrected chi connectivity index (χ2v) is 15.7. The van der Waals surface area contributed by atoms with E-state index in [2.05, 4.69) is 6.92 Å². The fourth-order valence-corrected chi connectivity index (χ4v) is 12.3. The summed E-state index contributed by atoms with van der Waals surface area (Å²) in [5.74, 6) is -1.08. The molecular formula is C31H41NO8S. The average Bonchev–Trinajstić information content (AvgIpc) is 3.65. The van der Waals surface area contributed by atoms with Gasteiger partial charge in [-0.1, -0.05) is 6.92 Å². The van der Waals surface area contributed by atoms with Gasteiger partial charge in [-0.3, -0.25) is 4.99 Å². The highest BCUT2D eigenvalue weighted by atomic mass is 32.2. The van der Waals surface area contributed by atoms with Crippen molar-refractivity contribution in [3.05, 3.63) is 11.6 Å². The average molecular weight is 588 g/mol. The molecule has 8 rings (SSSR count). The maximum Gasteiger partial charge on any atom is 0.331 e. The summed E-state index contributed by atoms with van der Waals surface area (Å²) < 4.78 is 24.5. The molecule has 0 radical (unpaired) electrons. The number of carbonyl (C=O) groups excluding carboxylic acids is 2. The maximum absolute atomic E-state index is 13.3. The van der Waals surface area contributed by atoms with E-state index in [-0.39, 0.29) is 47.3 Å². The van der Waals surface area contributed by atoms with Crippen molar-refractivity contribution in [2.24, 2.45) is 39.5 Å². The number of thioether (sulfide) groups is 1. The van der Waals surface area contributed by atoms with Gasteiger partial charge in [-0.15, -0.1) is 11.8 Å². The normalized spacial score (nSPS) is 57.2. The molecule has 1 spiro atoms. The van der Waals surface area contributed by atoms with E-state index in [1.807, 2.05) is 13.1 Å². The Bertz CT molecular complexity index is 1230. The second kappa shape index (κ2) is 8.88. The number of hydrogen-bond acceptors (Lipinski definition) is 10. The number of esters is 1. The molecule has 8 aliphatic rings. The van der Waals surface area contributed by atoms with Crippen LogP contribution in [0.3, 0.4) is 0 Å². The van der Waals surface area contributed by atoms with E-state index in [4.69, 9.17) is 23.9 Å². The number of aldehydes is 1. The summed E-state index contributed by atoms with van der Waals surface area (Å²) in [7, 11) is 0. The predicted octanol–water partition coefficient (Wildman–Crippen LogP) is 3.15. The number of aliphatic imine (C=N–C) groups is 1. The van der Waals surface area contributed by atoms with Gasteiger partial charge < -0.3 is 34.0 Å². The smallest absolute Gasteiger partial charge is 0.331 e. The van der Waals surface area contributed by atoms with Crippen molar-refractivity contribution in [1.29, 1.82) is 0 Å². The Kier molecular flexibility index (Phi) is 5.91. The molecule has 4 saturated carbocycles. The van der Waals surface area contributed by atoms with E-state index in [1.165, 1.54) is 6.29 Å². The zero-order valence-corrected chi connectivity index (χ0v) is 24.6. The van der Waals surface area contributed by atoms with Crippen LogP contribution in [-0.4, -0.2) is 81.9 Å². The molecule has 6 fully saturated rings. The lowest BCUT2D eigenvalue weighted by atomic mass is 9.42. The number of rotatable bonds is 2. The fourth-order valence-electron chi connectivity index (χ4n) is 11.0. The van der Waals surface area contributed by atoms with Crippen molar-refractivity contribution in [1.82, 2.24) is 0 Å². The lowest BCUT2D eigenvalue weighted by Crippen LogP contribution is -2.73. The van der Waals surface area contributed by atoms with E-state index in [1.54, 1.807) is 17.8 Å². The SMILES string of the molecule is C[C@@H]1CC2(N=CCS2)[C@]2(O)O[C@H]3C[C@@]4(C=O)[C@@H](CC[C@@H]5[C@@H]4CC[C@]4(C)[C@@H](C6=CC(=O)OC6)CCC54O)C[C@@H]3O[C@@H]2O1. The first-order valence-corrected chi connectivity index (χ1v) is 16.5. The number of carbonyl (C=O) groups is 2. The number of nitrogens with zero attached hydrogens (tertiary/aromatic N) is 1. The highest BCUT2D eigenvalue weighted by molar-refractivity contribution is 8.01. The van der Waals surface area contributed by atoms with Crippen LogP contribution in [0, 0.1) is 34.5 Å². The molecule has 2 unspecified atom stereocenters. The fraction of sp³-hybridized carbons (Fsp3) is 0.839. The van der Waals surface area contributed by atoms with Gasteiger partial charge >= 0.3 is 5.97 Å². The Hall–Kier alpha value is -1.30. The molecule has 0 bridgehead atoms. The van der Waals surface area contributed by atoms with Crippen molar-refractivity contribution in [2.45, 2.75) is 112 Å². The van der Waals surface area contributed by atoms with Crippen LogP contribution in [0.2, 0.25) is 0 Å². The van der Waals surface area contributed by atoms with Crippen LogP contribution >= 0.6 is 11.8 Å². The highest BCUT2D eigenvalue weighted by Gasteiger charge is 2.72. The summed E-state index contributed by atoms with van der Waals surface area (Å²) in [5.41, 5.74) is -0.925. The van der Waals surface area contributed by atoms with Gasteiger partial charge in [0.2, 0.25) is 6.29 Å². The molecule has 4 aliphatic carbocycles. The Balaban J connectivity index is 1.10. The van der Waals surface area contributed by atoms with Gasteiger partial charge in [-0.05, 0) is 87.5 Å². The van der Waals surface area contributed by atoms with Crippen molar-refractivity contribution in [3.8, 4) is 0 Å². The summed E-state index contributed by atoms with van der Waals surface area (Å²) in [6.45, 7) is 4.49. The molecular weight excluding hydrogens is 546 g/mol. The first-order chi connectivity index (χ1) is 19.6. The molecule has 41 heavy (non-hydrogen) atoms. The first-order valence-electron chi connectivity index (χ1n) is 15.5. The van der Waals surface area contributed by atoms with Gasteiger partial charge in [0.1, 0.15) is 12.9 Å². The van der Waals surface area contributed by atoms with E-state index < -0.39 is 34.1 Å². The Morgan fingerprint density at radius 1 is 1.07 bits per heavy atom. The minimum Gasteiger partial charge on any atom is -0.458 e. The number of aliphatic hydroxyl groups is 2. The molecule has 0 aromatic rings. The Morgan fingerprint density at radius 3 is 2.66 bits per heavy atom. The van der Waals surface area contributed by atoms with Gasteiger partial charge in [-0.2, -0.15) is 0 Å². The van der Waals surface area contributed by atoms with E-state index >= 15 is 0 Å². The third kappa shape index (κ3) is 3.41. The standard InChI is InChI=1S/C31H41NO8S/c1-17-13-30(32-9-10-41-30)31(36)26(38-17)39-23-12-19-3-4-22-21(28(19,16-33)14-24(23)40-31)5-7-27(2)20(6-8-29(22,27)35)18-11-25(34)37-15-18/h9,11,16-17,19-24,26,35-36H,3-8,10,12-15H2,1-2H3/t17-,19+,20-,21+,22-,23+,24+,26+,27-,28-,29?,30?,31-/m1/s1. The van der Waals surface area contributed by atoms with E-state index in [0.717, 1.165) is 37.7 Å². The zero-order valence-electron chi connectivity index (χ0n) is 23.8. The molecule has 224 valence electrons. The lowest BCUT2D eigenvalue weighted by Gasteiger charge is -2.65. The molecule has 9 nitrogen and oxygen atoms in total. The van der Waals surface area contributed by atoms with Crippen LogP contribution in [-0.2, 0) is 28.5 Å². The summed E-state index contributed by atoms with van der Waals surface area (Å²) in [4.78, 5) is 29.1. The highest BCUT2D eigenvalue weighted by Crippen LogP contribution is 2.70. The zero-order chi connectivity index (χ0) is 28.4. The Morgan fingerprint density at radius 2 is 1.93 bits per heavy atom. The molecule has 4 aliphatic heterocycles. The minimum absolute atomic E-state index is 0.0107. The third-order valence-corrected chi connectivity index (χ3v) is 14.2. The molecule has 0 amide bonds. The molecule has 2 saturated heterocycles. The number of hydrogen-bond donors (Lipinski definition) is 2. The largest absolute Gasteiger partial charge is 0.458 e. The van der Waals surface area contributed by atoms with Crippen LogP contribution in [0.25, 0.3) is 0 Å². The van der Waals surface area contributed by atoms with Gasteiger partial charge in [0.25, 0.3) is 5.79 Å². The maximum atomic E-state index is 13.3. The quantitative estimate of drug-likeness (QED) is 0.285. The molecule has 0 aromatic carbocycles. The van der Waals surface area contributed by atoms with Crippen LogP contribution < -0.4 is 0 Å². The van der Waals surface area contributed by atoms with Crippen molar-refractivity contribution in [3.63, 3.8) is 0 Å². The van der Waals surface area contributed by atoms with Gasteiger partial charge in [-0.25, -0.2) is 4.79 Å². The lowest BCUT2D eigenvalue weighted by molar-refractivity contribution is -0.445. The first kappa shape index (κ1) is 27.3. The molecule has 13 atom stereocenters. The molecule has 0 aromatic heterocycles. The van der Waals surface area contributed by atoms with E-state index in [0.29, 0.717) is 38.0 Å². The molecule has 2 N–H and O–H groups in total. The second-order valence-electron chi connectivity index (χ2n) is 14.4. The minimum atomic E-state index is -1.74. The Labute approximate surface area is 244 Å². The van der Waals surface area contributed by atoms with Gasteiger partial charge in [0.05, 0.1) is 23.9 Å². The summed E-state index contributed by atoms with van der Waals surface area (Å²) in [6.07, 6.45) is 9.34. The van der Waals surface area contributed by atoms with Gasteiger partial charge in [0, 0.05) is 35.3 Å². The van der Waals surface area contributed by atoms with Crippen molar-refractivity contribution >= 4 is 30.2 Å².